The van der Waals surface area contributed by atoms with Crippen LogP contribution < -0.4 is 20.1 Å². The van der Waals surface area contributed by atoms with E-state index < -0.39 is 0 Å². The molecule has 1 aromatic carbocycles. The first-order valence-corrected chi connectivity index (χ1v) is 7.49. The van der Waals surface area contributed by atoms with Crippen molar-refractivity contribution in [1.29, 1.82) is 0 Å². The highest BCUT2D eigenvalue weighted by Crippen LogP contribution is 2.24. The molecule has 6 nitrogen and oxygen atoms in total. The first kappa shape index (κ1) is 19.5. The Balaban J connectivity index is 0.00000264. The number of benzene rings is 1. The van der Waals surface area contributed by atoms with Crippen LogP contribution in [-0.2, 0) is 16.0 Å². The van der Waals surface area contributed by atoms with Crippen molar-refractivity contribution in [2.75, 3.05) is 33.9 Å². The van der Waals surface area contributed by atoms with Crippen molar-refractivity contribution in [3.8, 4) is 11.5 Å². The van der Waals surface area contributed by atoms with Crippen LogP contribution in [-0.4, -0.2) is 52.0 Å². The third-order valence-corrected chi connectivity index (χ3v) is 3.79. The van der Waals surface area contributed by atoms with Gasteiger partial charge in [0.25, 0.3) is 0 Å². The fourth-order valence-electron chi connectivity index (χ4n) is 2.52. The molecule has 1 fully saturated rings. The Labute approximate surface area is 143 Å². The number of morpholine rings is 1. The summed E-state index contributed by atoms with van der Waals surface area (Å²) in [5.41, 5.74) is 1.03. The first-order valence-electron chi connectivity index (χ1n) is 7.49. The molecule has 1 aliphatic rings. The van der Waals surface area contributed by atoms with E-state index in [4.69, 9.17) is 14.2 Å². The summed E-state index contributed by atoms with van der Waals surface area (Å²) in [6.45, 7) is 3.80. The highest BCUT2D eigenvalue weighted by Gasteiger charge is 2.27. The van der Waals surface area contributed by atoms with Crippen molar-refractivity contribution in [1.82, 2.24) is 10.6 Å². The monoisotopic (exact) mass is 344 g/mol. The van der Waals surface area contributed by atoms with E-state index in [1.807, 2.05) is 25.1 Å². The maximum atomic E-state index is 12.1. The lowest BCUT2D eigenvalue weighted by Gasteiger charge is -2.29. The highest BCUT2D eigenvalue weighted by atomic mass is 35.5. The van der Waals surface area contributed by atoms with Crippen LogP contribution in [0.5, 0.6) is 11.5 Å². The van der Waals surface area contributed by atoms with Crippen molar-refractivity contribution in [2.45, 2.75) is 25.5 Å². The number of nitrogens with one attached hydrogen (secondary N) is 2. The Morgan fingerprint density at radius 2 is 2.17 bits per heavy atom. The van der Waals surface area contributed by atoms with E-state index in [9.17, 15) is 4.79 Å². The van der Waals surface area contributed by atoms with Gasteiger partial charge in [-0.1, -0.05) is 6.07 Å². The van der Waals surface area contributed by atoms with Gasteiger partial charge in [-0.15, -0.1) is 12.4 Å². The van der Waals surface area contributed by atoms with Gasteiger partial charge in [0, 0.05) is 19.2 Å². The second-order valence-electron chi connectivity index (χ2n) is 5.23. The molecule has 0 bridgehead atoms. The lowest BCUT2D eigenvalue weighted by molar-refractivity contribution is -0.128. The van der Waals surface area contributed by atoms with E-state index in [0.717, 1.165) is 17.1 Å². The largest absolute Gasteiger partial charge is 0.497 e. The number of carbonyl (C=O) groups excluding carboxylic acids is 1. The van der Waals surface area contributed by atoms with Crippen LogP contribution in [0.1, 0.15) is 12.5 Å². The molecule has 1 amide bonds. The molecule has 0 spiro atoms. The van der Waals surface area contributed by atoms with E-state index in [-0.39, 0.29) is 30.5 Å². The fraction of sp³-hybridized carbons (Fsp3) is 0.562. The number of amides is 1. The molecule has 0 aromatic heterocycles. The molecule has 130 valence electrons. The zero-order chi connectivity index (χ0) is 15.9. The molecule has 7 heteroatoms. The van der Waals surface area contributed by atoms with Gasteiger partial charge >= 0.3 is 0 Å². The third kappa shape index (κ3) is 5.27. The minimum atomic E-state index is -0.286. The van der Waals surface area contributed by atoms with Crippen LogP contribution in [0.3, 0.4) is 0 Å². The van der Waals surface area contributed by atoms with Crippen LogP contribution in [0.25, 0.3) is 0 Å². The van der Waals surface area contributed by atoms with E-state index in [1.165, 1.54) is 0 Å². The smallest absolute Gasteiger partial charge is 0.239 e. The number of ether oxygens (including phenoxy) is 3. The Morgan fingerprint density at radius 1 is 1.39 bits per heavy atom. The summed E-state index contributed by atoms with van der Waals surface area (Å²) >= 11 is 0. The van der Waals surface area contributed by atoms with Crippen LogP contribution in [0, 0.1) is 0 Å². The van der Waals surface area contributed by atoms with E-state index in [0.29, 0.717) is 26.1 Å². The summed E-state index contributed by atoms with van der Waals surface area (Å²) in [7, 11) is 3.25. The van der Waals surface area contributed by atoms with Crippen molar-refractivity contribution in [2.24, 2.45) is 0 Å². The number of methoxy groups -OCH3 is 2. The summed E-state index contributed by atoms with van der Waals surface area (Å²) in [4.78, 5) is 12.1. The van der Waals surface area contributed by atoms with Gasteiger partial charge < -0.3 is 24.8 Å². The molecule has 0 aliphatic carbocycles. The van der Waals surface area contributed by atoms with Gasteiger partial charge in [0.2, 0.25) is 5.91 Å². The van der Waals surface area contributed by atoms with Gasteiger partial charge in [-0.05, 0) is 25.0 Å². The Bertz CT molecular complexity index is 513. The molecule has 23 heavy (non-hydrogen) atoms. The normalized spacial score (nSPS) is 20.3. The van der Waals surface area contributed by atoms with Crippen molar-refractivity contribution in [3.05, 3.63) is 23.8 Å². The SMILES string of the molecule is COc1ccc(CCNC(=O)[C@H]2NCCO[C@@H]2C)c(OC)c1.Cl. The van der Waals surface area contributed by atoms with Gasteiger partial charge in [0.05, 0.1) is 26.9 Å². The zero-order valence-electron chi connectivity index (χ0n) is 13.8. The lowest BCUT2D eigenvalue weighted by atomic mass is 10.1. The average molecular weight is 345 g/mol. The lowest BCUT2D eigenvalue weighted by Crippen LogP contribution is -2.55. The molecule has 2 rings (SSSR count). The molecule has 1 aliphatic heterocycles. The van der Waals surface area contributed by atoms with Crippen LogP contribution in [0.4, 0.5) is 0 Å². The molecular formula is C16H25ClN2O4. The molecule has 2 N–H and O–H groups in total. The number of carbonyl (C=O) groups is 1. The fourth-order valence-corrected chi connectivity index (χ4v) is 2.52. The summed E-state index contributed by atoms with van der Waals surface area (Å²) in [5.74, 6) is 1.49. The van der Waals surface area contributed by atoms with E-state index in [2.05, 4.69) is 10.6 Å². The van der Waals surface area contributed by atoms with Gasteiger partial charge in [0.15, 0.2) is 0 Å². The summed E-state index contributed by atoms with van der Waals surface area (Å²) in [6.07, 6.45) is 0.588. The maximum Gasteiger partial charge on any atom is 0.239 e. The molecule has 0 saturated carbocycles. The molecule has 1 aromatic rings. The Kier molecular flexibility index (Phi) is 8.16. The molecule has 2 atom stereocenters. The summed E-state index contributed by atoms with van der Waals surface area (Å²) < 4.78 is 16.0. The predicted molar refractivity (Wildman–Crippen MR) is 90.7 cm³/mol. The second-order valence-corrected chi connectivity index (χ2v) is 5.23. The van der Waals surface area contributed by atoms with Gasteiger partial charge in [-0.2, -0.15) is 0 Å². The van der Waals surface area contributed by atoms with Crippen molar-refractivity contribution < 1.29 is 19.0 Å². The molecule has 1 heterocycles. The standard InChI is InChI=1S/C16H24N2O4.ClH/c1-11-15(17-8-9-22-11)16(19)18-7-6-12-4-5-13(20-2)10-14(12)21-3;/h4-5,10-11,15,17H,6-9H2,1-3H3,(H,18,19);1H/t11-,15+;/m1./s1. The quantitative estimate of drug-likeness (QED) is 0.810. The first-order chi connectivity index (χ1) is 10.7. The molecular weight excluding hydrogens is 320 g/mol. The maximum absolute atomic E-state index is 12.1. The number of halogens is 1. The number of hydrogen-bond acceptors (Lipinski definition) is 5. The van der Waals surface area contributed by atoms with E-state index in [1.54, 1.807) is 14.2 Å². The predicted octanol–water partition coefficient (Wildman–Crippen LogP) is 1.16. The van der Waals surface area contributed by atoms with Gasteiger partial charge in [-0.3, -0.25) is 4.79 Å². The Hall–Kier alpha value is -1.50. The summed E-state index contributed by atoms with van der Waals surface area (Å²) in [5, 5.41) is 6.12. The van der Waals surface area contributed by atoms with Gasteiger partial charge in [0.1, 0.15) is 17.5 Å². The van der Waals surface area contributed by atoms with Crippen LogP contribution in [0.2, 0.25) is 0 Å². The zero-order valence-corrected chi connectivity index (χ0v) is 14.6. The average Bonchev–Trinajstić information content (AvgIpc) is 2.55. The van der Waals surface area contributed by atoms with Crippen LogP contribution >= 0.6 is 12.4 Å². The minimum Gasteiger partial charge on any atom is -0.497 e. The van der Waals surface area contributed by atoms with Gasteiger partial charge in [-0.25, -0.2) is 0 Å². The molecule has 1 saturated heterocycles. The summed E-state index contributed by atoms with van der Waals surface area (Å²) in [6, 6.07) is 5.40. The number of rotatable bonds is 6. The minimum absolute atomic E-state index is 0. The van der Waals surface area contributed by atoms with Crippen LogP contribution in [0.15, 0.2) is 18.2 Å². The number of hydrogen-bond donors (Lipinski definition) is 2. The third-order valence-electron chi connectivity index (χ3n) is 3.79. The highest BCUT2D eigenvalue weighted by molar-refractivity contribution is 5.85. The molecule has 0 radical (unpaired) electrons. The topological polar surface area (TPSA) is 68.8 Å². The van der Waals surface area contributed by atoms with E-state index >= 15 is 0 Å². The molecule has 0 unspecified atom stereocenters. The van der Waals surface area contributed by atoms with Crippen molar-refractivity contribution in [3.63, 3.8) is 0 Å². The Morgan fingerprint density at radius 3 is 2.83 bits per heavy atom. The van der Waals surface area contributed by atoms with Crippen molar-refractivity contribution >= 4 is 18.3 Å². The second kappa shape index (κ2) is 9.60.